The van der Waals surface area contributed by atoms with Gasteiger partial charge in [0.1, 0.15) is 12.2 Å². The molecular weight excluding hydrogens is 341 g/mol. The van der Waals surface area contributed by atoms with Crippen LogP contribution in [0.4, 0.5) is 18.9 Å². The molecule has 2 atom stereocenters. The van der Waals surface area contributed by atoms with E-state index in [9.17, 15) is 27.3 Å². The summed E-state index contributed by atoms with van der Waals surface area (Å²) < 4.78 is 59.1. The van der Waals surface area contributed by atoms with Crippen molar-refractivity contribution in [1.82, 2.24) is 0 Å². The van der Waals surface area contributed by atoms with Crippen molar-refractivity contribution in [3.63, 3.8) is 0 Å². The van der Waals surface area contributed by atoms with Crippen molar-refractivity contribution in [2.24, 2.45) is 0 Å². The molecule has 1 aromatic carbocycles. The minimum absolute atomic E-state index is 0.380. The third-order valence-corrected chi connectivity index (χ3v) is 3.81. The van der Waals surface area contributed by atoms with E-state index in [0.717, 1.165) is 12.1 Å². The van der Waals surface area contributed by atoms with Crippen molar-refractivity contribution < 1.29 is 35.6 Å². The van der Waals surface area contributed by atoms with E-state index in [1.807, 2.05) is 5.32 Å². The number of alkyl halides is 3. The van der Waals surface area contributed by atoms with Gasteiger partial charge in [-0.25, -0.2) is 4.18 Å². The molecule has 0 aliphatic carbocycles. The highest BCUT2D eigenvalue weighted by Gasteiger charge is 2.44. The Hall–Kier alpha value is -2.16. The van der Waals surface area contributed by atoms with E-state index < -0.39 is 51.6 Å². The van der Waals surface area contributed by atoms with E-state index in [0.29, 0.717) is 0 Å². The van der Waals surface area contributed by atoms with E-state index in [1.165, 1.54) is 13.0 Å². The van der Waals surface area contributed by atoms with Gasteiger partial charge in [0.15, 0.2) is 11.4 Å². The number of amides is 1. The molecule has 0 aromatic heterocycles. The molecule has 2 unspecified atom stereocenters. The Morgan fingerprint density at radius 1 is 1.52 bits per heavy atom. The average molecular weight is 350 g/mol. The molecule has 7 nitrogen and oxygen atoms in total. The van der Waals surface area contributed by atoms with Crippen molar-refractivity contribution >= 4 is 23.0 Å². The number of carbonyl (C=O) groups excluding carboxylic acids is 1. The summed E-state index contributed by atoms with van der Waals surface area (Å²) in [5.41, 5.74) is -4.61. The second-order valence-electron chi connectivity index (χ2n) is 4.73. The fourth-order valence-corrected chi connectivity index (χ4v) is 2.58. The van der Waals surface area contributed by atoms with Gasteiger partial charge in [0.25, 0.3) is 5.91 Å². The molecule has 1 saturated heterocycles. The SMILES string of the molecule is CC1(C(=O)Nc2ccc(C#N)c(C(F)(F)F)c2O)COS(=O)O1. The number of nitrogens with zero attached hydrogens (tertiary/aromatic N) is 1. The number of benzene rings is 1. The minimum atomic E-state index is -4.99. The maximum Gasteiger partial charge on any atom is 0.421 e. The summed E-state index contributed by atoms with van der Waals surface area (Å²) in [5.74, 6) is -2.26. The number of phenols is 1. The van der Waals surface area contributed by atoms with Gasteiger partial charge in [-0.05, 0) is 19.1 Å². The van der Waals surface area contributed by atoms with Crippen LogP contribution in [-0.2, 0) is 30.7 Å². The predicted octanol–water partition coefficient (Wildman–Crippen LogP) is 1.61. The molecule has 0 spiro atoms. The zero-order chi connectivity index (χ0) is 17.4. The summed E-state index contributed by atoms with van der Waals surface area (Å²) in [6.07, 6.45) is -4.99. The summed E-state index contributed by atoms with van der Waals surface area (Å²) in [4.78, 5) is 12.0. The number of carbonyl (C=O) groups is 1. The van der Waals surface area contributed by atoms with Gasteiger partial charge in [0.05, 0.1) is 17.3 Å². The standard InChI is InChI=1S/C12H9F3N2O5S/c1-11(5-21-23(20)22-11)10(19)17-7-3-2-6(4-16)8(9(7)18)12(13,14)15/h2-3,18H,5H2,1H3,(H,17,19). The van der Waals surface area contributed by atoms with E-state index in [2.05, 4.69) is 4.18 Å². The molecule has 2 N–H and O–H groups in total. The first-order valence-corrected chi connectivity index (χ1v) is 6.98. The van der Waals surface area contributed by atoms with Crippen molar-refractivity contribution in [3.05, 3.63) is 23.3 Å². The van der Waals surface area contributed by atoms with Gasteiger partial charge in [-0.2, -0.15) is 22.6 Å². The fraction of sp³-hybridized carbons (Fsp3) is 0.333. The number of rotatable bonds is 2. The Bertz CT molecular complexity index is 731. The molecule has 1 aromatic rings. The van der Waals surface area contributed by atoms with Gasteiger partial charge >= 0.3 is 17.5 Å². The van der Waals surface area contributed by atoms with E-state index in [-0.39, 0.29) is 6.61 Å². The van der Waals surface area contributed by atoms with Crippen LogP contribution < -0.4 is 5.32 Å². The Labute approximate surface area is 130 Å². The number of nitriles is 1. The number of anilines is 1. The van der Waals surface area contributed by atoms with Crippen LogP contribution in [0.2, 0.25) is 0 Å². The quantitative estimate of drug-likeness (QED) is 0.785. The number of nitrogens with one attached hydrogen (secondary N) is 1. The van der Waals surface area contributed by atoms with E-state index in [1.54, 1.807) is 0 Å². The molecule has 11 heteroatoms. The lowest BCUT2D eigenvalue weighted by Crippen LogP contribution is -2.42. The van der Waals surface area contributed by atoms with Crippen molar-refractivity contribution in [2.75, 3.05) is 11.9 Å². The second kappa shape index (κ2) is 5.80. The Morgan fingerprint density at radius 2 is 2.17 bits per heavy atom. The first kappa shape index (κ1) is 17.2. The number of hydrogen-bond acceptors (Lipinski definition) is 6. The maximum atomic E-state index is 12.9. The highest BCUT2D eigenvalue weighted by Crippen LogP contribution is 2.42. The summed E-state index contributed by atoms with van der Waals surface area (Å²) in [6.45, 7) is 0.840. The summed E-state index contributed by atoms with van der Waals surface area (Å²) in [6, 6.07) is 3.07. The molecule has 1 amide bonds. The van der Waals surface area contributed by atoms with Gasteiger partial charge in [0, 0.05) is 0 Å². The van der Waals surface area contributed by atoms with Crippen LogP contribution in [-0.4, -0.2) is 27.4 Å². The lowest BCUT2D eigenvalue weighted by molar-refractivity contribution is -0.139. The van der Waals surface area contributed by atoms with Crippen LogP contribution in [0.3, 0.4) is 0 Å². The van der Waals surface area contributed by atoms with Gasteiger partial charge in [-0.3, -0.25) is 8.98 Å². The molecule has 1 aliphatic heterocycles. The maximum absolute atomic E-state index is 12.9. The molecule has 1 fully saturated rings. The Balaban J connectivity index is 2.37. The van der Waals surface area contributed by atoms with Crippen molar-refractivity contribution in [2.45, 2.75) is 18.7 Å². The highest BCUT2D eigenvalue weighted by molar-refractivity contribution is 7.75. The molecule has 23 heavy (non-hydrogen) atoms. The smallest absolute Gasteiger partial charge is 0.421 e. The lowest BCUT2D eigenvalue weighted by atomic mass is 10.0. The van der Waals surface area contributed by atoms with Gasteiger partial charge in [-0.1, -0.05) is 0 Å². The third kappa shape index (κ3) is 3.29. The first-order valence-electron chi connectivity index (χ1n) is 5.98. The highest BCUT2D eigenvalue weighted by atomic mass is 32.2. The van der Waals surface area contributed by atoms with E-state index >= 15 is 0 Å². The van der Waals surface area contributed by atoms with Gasteiger partial charge in [0.2, 0.25) is 0 Å². The largest absolute Gasteiger partial charge is 0.505 e. The molecule has 0 saturated carbocycles. The molecular formula is C12H9F3N2O5S. The van der Waals surface area contributed by atoms with Crippen LogP contribution in [0, 0.1) is 11.3 Å². The zero-order valence-electron chi connectivity index (χ0n) is 11.4. The topological polar surface area (TPSA) is 109 Å². The zero-order valence-corrected chi connectivity index (χ0v) is 12.2. The number of aromatic hydroxyl groups is 1. The Kier molecular flexibility index (Phi) is 4.34. The van der Waals surface area contributed by atoms with Crippen molar-refractivity contribution in [1.29, 1.82) is 5.26 Å². The normalized spacial score (nSPS) is 24.2. The number of hydrogen-bond donors (Lipinski definition) is 2. The fourth-order valence-electron chi connectivity index (χ4n) is 1.79. The van der Waals surface area contributed by atoms with Crippen molar-refractivity contribution in [3.8, 4) is 11.8 Å². The average Bonchev–Trinajstić information content (AvgIpc) is 2.80. The van der Waals surface area contributed by atoms with Gasteiger partial charge in [-0.15, -0.1) is 0 Å². The molecule has 0 bridgehead atoms. The van der Waals surface area contributed by atoms with Crippen LogP contribution in [0.25, 0.3) is 0 Å². The van der Waals surface area contributed by atoms with Gasteiger partial charge < -0.3 is 10.4 Å². The first-order chi connectivity index (χ1) is 10.6. The van der Waals surface area contributed by atoms with E-state index in [4.69, 9.17) is 9.44 Å². The Morgan fingerprint density at radius 3 is 2.65 bits per heavy atom. The van der Waals surface area contributed by atoms with Crippen LogP contribution in [0.1, 0.15) is 18.1 Å². The number of halogens is 3. The molecule has 124 valence electrons. The van der Waals surface area contributed by atoms with Crippen LogP contribution in [0.5, 0.6) is 5.75 Å². The monoisotopic (exact) mass is 350 g/mol. The van der Waals surface area contributed by atoms with Crippen LogP contribution in [0.15, 0.2) is 12.1 Å². The summed E-state index contributed by atoms with van der Waals surface area (Å²) in [7, 11) is 0. The third-order valence-electron chi connectivity index (χ3n) is 2.99. The minimum Gasteiger partial charge on any atom is -0.505 e. The molecule has 1 heterocycles. The number of phenolic OH excluding ortho intramolecular Hbond substituents is 1. The molecule has 0 radical (unpaired) electrons. The van der Waals surface area contributed by atoms with Crippen LogP contribution >= 0.6 is 0 Å². The molecule has 2 rings (SSSR count). The summed E-state index contributed by atoms with van der Waals surface area (Å²) >= 11 is -2.15. The lowest BCUT2D eigenvalue weighted by Gasteiger charge is -2.20. The molecule has 1 aliphatic rings. The predicted molar refractivity (Wildman–Crippen MR) is 70.0 cm³/mol. The second-order valence-corrected chi connectivity index (χ2v) is 5.54. The summed E-state index contributed by atoms with van der Waals surface area (Å²) in [5, 5.41) is 20.5.